The van der Waals surface area contributed by atoms with E-state index in [1.807, 2.05) is 4.90 Å². The number of carbonyl (C=O) groups excluding carboxylic acids is 1. The molecule has 0 bridgehead atoms. The largest absolute Gasteiger partial charge is 0.444 e. The smallest absolute Gasteiger partial charge is 0.289 e. The molecule has 1 aromatic heterocycles. The van der Waals surface area contributed by atoms with Gasteiger partial charge >= 0.3 is 0 Å². The second kappa shape index (κ2) is 6.38. The van der Waals surface area contributed by atoms with Crippen LogP contribution in [0.2, 0.25) is 0 Å². The Bertz CT molecular complexity index is 399. The van der Waals surface area contributed by atoms with Crippen molar-refractivity contribution in [3.8, 4) is 0 Å². The van der Waals surface area contributed by atoms with Crippen molar-refractivity contribution in [2.75, 3.05) is 26.3 Å². The van der Waals surface area contributed by atoms with E-state index in [2.05, 4.69) is 22.9 Å². The Hall–Kier alpha value is -0.810. The molecule has 0 aromatic carbocycles. The summed E-state index contributed by atoms with van der Waals surface area (Å²) in [5.41, 5.74) is 0. The maximum Gasteiger partial charge on any atom is 0.289 e. The van der Waals surface area contributed by atoms with Gasteiger partial charge in [0.15, 0.2) is 10.4 Å². The summed E-state index contributed by atoms with van der Waals surface area (Å²) in [7, 11) is 0. The van der Waals surface area contributed by atoms with E-state index in [9.17, 15) is 4.79 Å². The van der Waals surface area contributed by atoms with Crippen LogP contribution in [0.25, 0.3) is 0 Å². The molecule has 18 heavy (non-hydrogen) atoms. The van der Waals surface area contributed by atoms with Gasteiger partial charge in [-0.3, -0.25) is 4.79 Å². The van der Waals surface area contributed by atoms with Crippen molar-refractivity contribution < 1.29 is 13.9 Å². The zero-order valence-electron chi connectivity index (χ0n) is 10.5. The van der Waals surface area contributed by atoms with Crippen molar-refractivity contribution in [3.05, 3.63) is 22.6 Å². The van der Waals surface area contributed by atoms with E-state index in [-0.39, 0.29) is 5.91 Å². The molecule has 100 valence electrons. The Labute approximate surface area is 115 Å². The Balaban J connectivity index is 2.01. The molecule has 0 radical (unpaired) electrons. The number of nitrogens with zero attached hydrogens (tertiary/aromatic N) is 1. The zero-order valence-corrected chi connectivity index (χ0v) is 12.1. The number of amides is 1. The van der Waals surface area contributed by atoms with Gasteiger partial charge in [-0.2, -0.15) is 0 Å². The fourth-order valence-corrected chi connectivity index (χ4v) is 2.48. The summed E-state index contributed by atoms with van der Waals surface area (Å²) in [4.78, 5) is 14.2. The molecule has 1 amide bonds. The van der Waals surface area contributed by atoms with Gasteiger partial charge < -0.3 is 14.1 Å². The summed E-state index contributed by atoms with van der Waals surface area (Å²) < 4.78 is 11.3. The van der Waals surface area contributed by atoms with Crippen LogP contribution >= 0.6 is 15.9 Å². The second-order valence-corrected chi connectivity index (χ2v) is 5.37. The van der Waals surface area contributed by atoms with Crippen LogP contribution < -0.4 is 0 Å². The third kappa shape index (κ3) is 3.36. The number of ether oxygens (including phenoxy) is 1. The van der Waals surface area contributed by atoms with Gasteiger partial charge in [0.25, 0.3) is 5.91 Å². The minimum atomic E-state index is -0.0329. The number of carbonyl (C=O) groups is 1. The molecule has 1 saturated heterocycles. The number of hydrogen-bond acceptors (Lipinski definition) is 3. The van der Waals surface area contributed by atoms with Crippen molar-refractivity contribution in [3.63, 3.8) is 0 Å². The number of halogens is 1. The van der Waals surface area contributed by atoms with Gasteiger partial charge in [-0.1, -0.05) is 6.92 Å². The monoisotopic (exact) mass is 315 g/mol. The lowest BCUT2D eigenvalue weighted by molar-refractivity contribution is 0.0687. The Morgan fingerprint density at radius 3 is 2.94 bits per heavy atom. The molecule has 4 nitrogen and oxygen atoms in total. The minimum Gasteiger partial charge on any atom is -0.444 e. The third-order valence-corrected chi connectivity index (χ3v) is 3.49. The standard InChI is InChI=1S/C13H18BrNO3/c1-2-6-15(8-10-5-7-17-9-10)13(16)11-3-4-12(14)18-11/h3-4,10H,2,5-9H2,1H3. The molecule has 1 aliphatic rings. The highest BCUT2D eigenvalue weighted by Gasteiger charge is 2.24. The molecule has 1 fully saturated rings. The molecule has 2 heterocycles. The highest BCUT2D eigenvalue weighted by Crippen LogP contribution is 2.19. The van der Waals surface area contributed by atoms with Gasteiger partial charge in [0.1, 0.15) is 0 Å². The highest BCUT2D eigenvalue weighted by atomic mass is 79.9. The van der Waals surface area contributed by atoms with Gasteiger partial charge in [-0.15, -0.1) is 0 Å². The van der Waals surface area contributed by atoms with E-state index in [1.54, 1.807) is 12.1 Å². The normalized spacial score (nSPS) is 19.1. The van der Waals surface area contributed by atoms with Crippen LogP contribution in [0.5, 0.6) is 0 Å². The first kappa shape index (κ1) is 13.6. The summed E-state index contributed by atoms with van der Waals surface area (Å²) in [6.07, 6.45) is 1.98. The molecule has 0 N–H and O–H groups in total. The first-order valence-corrected chi connectivity index (χ1v) is 7.12. The summed E-state index contributed by atoms with van der Waals surface area (Å²) in [5, 5.41) is 0. The van der Waals surface area contributed by atoms with E-state index in [0.29, 0.717) is 16.3 Å². The molecule has 2 rings (SSSR count). The van der Waals surface area contributed by atoms with Crippen molar-refractivity contribution in [1.29, 1.82) is 0 Å². The molecule has 1 unspecified atom stereocenters. The topological polar surface area (TPSA) is 42.7 Å². The van der Waals surface area contributed by atoms with Crippen LogP contribution in [0.15, 0.2) is 21.2 Å². The molecular formula is C13H18BrNO3. The van der Waals surface area contributed by atoms with Gasteiger partial charge in [-0.05, 0) is 40.9 Å². The van der Waals surface area contributed by atoms with Gasteiger partial charge in [0.05, 0.1) is 6.61 Å². The lowest BCUT2D eigenvalue weighted by Crippen LogP contribution is -2.36. The van der Waals surface area contributed by atoms with Crippen molar-refractivity contribution in [1.82, 2.24) is 4.90 Å². The predicted molar refractivity (Wildman–Crippen MR) is 71.5 cm³/mol. The van der Waals surface area contributed by atoms with Crippen LogP contribution in [-0.2, 0) is 4.74 Å². The highest BCUT2D eigenvalue weighted by molar-refractivity contribution is 9.10. The molecule has 5 heteroatoms. The third-order valence-electron chi connectivity index (χ3n) is 3.07. The molecule has 1 atom stereocenters. The van der Waals surface area contributed by atoms with Crippen molar-refractivity contribution >= 4 is 21.8 Å². The second-order valence-electron chi connectivity index (χ2n) is 4.58. The quantitative estimate of drug-likeness (QED) is 0.839. The van der Waals surface area contributed by atoms with E-state index >= 15 is 0 Å². The lowest BCUT2D eigenvalue weighted by atomic mass is 10.1. The van der Waals surface area contributed by atoms with Gasteiger partial charge in [-0.25, -0.2) is 0 Å². The SMILES string of the molecule is CCCN(CC1CCOC1)C(=O)c1ccc(Br)o1. The zero-order chi connectivity index (χ0) is 13.0. The van der Waals surface area contributed by atoms with E-state index in [1.165, 1.54) is 0 Å². The summed E-state index contributed by atoms with van der Waals surface area (Å²) in [6.45, 7) is 5.16. The molecule has 0 aliphatic carbocycles. The fourth-order valence-electron chi connectivity index (χ4n) is 2.17. The van der Waals surface area contributed by atoms with E-state index in [0.717, 1.165) is 39.1 Å². The summed E-state index contributed by atoms with van der Waals surface area (Å²) in [5.74, 6) is 0.822. The average Bonchev–Trinajstić information content (AvgIpc) is 2.99. The fraction of sp³-hybridized carbons (Fsp3) is 0.615. The summed E-state index contributed by atoms with van der Waals surface area (Å²) in [6, 6.07) is 3.45. The molecule has 1 aliphatic heterocycles. The Morgan fingerprint density at radius 2 is 2.39 bits per heavy atom. The van der Waals surface area contributed by atoms with Gasteiger partial charge in [0.2, 0.25) is 0 Å². The van der Waals surface area contributed by atoms with Crippen LogP contribution in [0.4, 0.5) is 0 Å². The minimum absolute atomic E-state index is 0.0329. The first-order chi connectivity index (χ1) is 8.70. The van der Waals surface area contributed by atoms with Crippen molar-refractivity contribution in [2.24, 2.45) is 5.92 Å². The molecule has 0 spiro atoms. The average molecular weight is 316 g/mol. The molecular weight excluding hydrogens is 298 g/mol. The number of furan rings is 1. The van der Waals surface area contributed by atoms with Crippen molar-refractivity contribution in [2.45, 2.75) is 19.8 Å². The summed E-state index contributed by atoms with van der Waals surface area (Å²) >= 11 is 3.22. The van der Waals surface area contributed by atoms with E-state index < -0.39 is 0 Å². The molecule has 0 saturated carbocycles. The molecule has 1 aromatic rings. The predicted octanol–water partition coefficient (Wildman–Crippen LogP) is 2.93. The van der Waals surface area contributed by atoms with E-state index in [4.69, 9.17) is 9.15 Å². The Morgan fingerprint density at radius 1 is 1.56 bits per heavy atom. The van der Waals surface area contributed by atoms with Gasteiger partial charge in [0, 0.05) is 25.6 Å². The number of hydrogen-bond donors (Lipinski definition) is 0. The maximum atomic E-state index is 12.3. The number of rotatable bonds is 5. The van der Waals surface area contributed by atoms with Crippen LogP contribution in [0, 0.1) is 5.92 Å². The van der Waals surface area contributed by atoms with Crippen LogP contribution in [0.3, 0.4) is 0 Å². The maximum absolute atomic E-state index is 12.3. The lowest BCUT2D eigenvalue weighted by Gasteiger charge is -2.23. The van der Waals surface area contributed by atoms with Crippen LogP contribution in [-0.4, -0.2) is 37.1 Å². The first-order valence-electron chi connectivity index (χ1n) is 6.33. The Kier molecular flexibility index (Phi) is 4.83. The van der Waals surface area contributed by atoms with Crippen LogP contribution in [0.1, 0.15) is 30.3 Å².